The molecule has 0 spiro atoms. The molecule has 1 aromatic heterocycles. The van der Waals surface area contributed by atoms with E-state index in [4.69, 9.17) is 9.72 Å². The van der Waals surface area contributed by atoms with Gasteiger partial charge in [-0.2, -0.15) is 0 Å². The molecule has 1 fully saturated rings. The third-order valence-corrected chi connectivity index (χ3v) is 6.38. The van der Waals surface area contributed by atoms with Crippen LogP contribution < -0.4 is 5.32 Å². The summed E-state index contributed by atoms with van der Waals surface area (Å²) < 4.78 is 5.77. The van der Waals surface area contributed by atoms with Crippen LogP contribution in [-0.4, -0.2) is 46.6 Å². The molecule has 2 amide bonds. The van der Waals surface area contributed by atoms with Gasteiger partial charge in [0.1, 0.15) is 17.9 Å². The summed E-state index contributed by atoms with van der Waals surface area (Å²) in [4.78, 5) is 35.1. The monoisotopic (exact) mass is 472 g/mol. The van der Waals surface area contributed by atoms with Crippen LogP contribution in [0.25, 0.3) is 11.3 Å². The molecule has 0 radical (unpaired) electrons. The molecular weight excluding hydrogens is 448 g/mol. The molecule has 1 saturated carbocycles. The van der Waals surface area contributed by atoms with Crippen molar-refractivity contribution in [2.75, 3.05) is 13.7 Å². The molecule has 2 aromatic rings. The van der Waals surface area contributed by atoms with E-state index in [2.05, 4.69) is 26.2 Å². The summed E-state index contributed by atoms with van der Waals surface area (Å²) in [7, 11) is 1.32. The number of carbonyl (C=O) groups excluding carboxylic acids is 2. The quantitative estimate of drug-likeness (QED) is 0.638. The molecule has 4 rings (SSSR count). The summed E-state index contributed by atoms with van der Waals surface area (Å²) >= 11 is 3.44. The van der Waals surface area contributed by atoms with Gasteiger partial charge in [-0.25, -0.2) is 9.78 Å². The van der Waals surface area contributed by atoms with Crippen LogP contribution in [0.3, 0.4) is 0 Å². The highest BCUT2D eigenvalue weighted by atomic mass is 79.9. The maximum atomic E-state index is 13.5. The Labute approximate surface area is 184 Å². The Morgan fingerprint density at radius 2 is 2.00 bits per heavy atom. The third kappa shape index (κ3) is 4.28. The summed E-state index contributed by atoms with van der Waals surface area (Å²) in [6.07, 6.45) is 9.25. The van der Waals surface area contributed by atoms with Crippen molar-refractivity contribution in [2.24, 2.45) is 5.92 Å². The number of H-pyrrole nitrogens is 1. The summed E-state index contributed by atoms with van der Waals surface area (Å²) in [5.74, 6) is 0.745. The average molecular weight is 473 g/mol. The fourth-order valence-electron chi connectivity index (χ4n) is 4.28. The highest BCUT2D eigenvalue weighted by molar-refractivity contribution is 9.10. The Hall–Kier alpha value is -2.61. The van der Waals surface area contributed by atoms with Crippen LogP contribution in [0.2, 0.25) is 0 Å². The highest BCUT2D eigenvalue weighted by Crippen LogP contribution is 2.32. The van der Waals surface area contributed by atoms with Gasteiger partial charge in [0.15, 0.2) is 0 Å². The SMILES string of the molecule is COC(=O)NC(C(=O)N1CC=CC1c1nc(-c2ccc(Br)cc2)c[nH]1)C1CCCC1. The van der Waals surface area contributed by atoms with Crippen molar-refractivity contribution < 1.29 is 14.3 Å². The van der Waals surface area contributed by atoms with Crippen molar-refractivity contribution in [2.45, 2.75) is 37.8 Å². The molecule has 1 aliphatic heterocycles. The lowest BCUT2D eigenvalue weighted by Gasteiger charge is -2.31. The number of aromatic amines is 1. The van der Waals surface area contributed by atoms with Gasteiger partial charge in [-0.3, -0.25) is 4.79 Å². The number of methoxy groups -OCH3 is 1. The number of benzene rings is 1. The number of imidazole rings is 1. The van der Waals surface area contributed by atoms with E-state index >= 15 is 0 Å². The van der Waals surface area contributed by atoms with Crippen LogP contribution in [0.1, 0.15) is 37.5 Å². The van der Waals surface area contributed by atoms with Gasteiger partial charge < -0.3 is 19.9 Å². The highest BCUT2D eigenvalue weighted by Gasteiger charge is 2.38. The molecule has 158 valence electrons. The minimum atomic E-state index is -0.580. The fourth-order valence-corrected chi connectivity index (χ4v) is 4.54. The molecule has 2 N–H and O–H groups in total. The third-order valence-electron chi connectivity index (χ3n) is 5.85. The van der Waals surface area contributed by atoms with Gasteiger partial charge in [-0.15, -0.1) is 0 Å². The van der Waals surface area contributed by atoms with E-state index in [1.165, 1.54) is 7.11 Å². The fraction of sp³-hybridized carbons (Fsp3) is 0.409. The van der Waals surface area contributed by atoms with E-state index in [1.807, 2.05) is 42.6 Å². The predicted molar refractivity (Wildman–Crippen MR) is 117 cm³/mol. The normalized spacial score (nSPS) is 19.8. The molecule has 2 aliphatic rings. The Bertz CT molecular complexity index is 934. The van der Waals surface area contributed by atoms with Crippen molar-refractivity contribution >= 4 is 27.9 Å². The summed E-state index contributed by atoms with van der Waals surface area (Å²) in [6.45, 7) is 0.490. The van der Waals surface area contributed by atoms with Crippen molar-refractivity contribution in [1.29, 1.82) is 0 Å². The molecule has 1 aliphatic carbocycles. The van der Waals surface area contributed by atoms with Gasteiger partial charge in [-0.1, -0.05) is 53.1 Å². The number of ether oxygens (including phenoxy) is 1. The zero-order valence-electron chi connectivity index (χ0n) is 16.8. The average Bonchev–Trinajstić information content (AvgIpc) is 3.52. The standard InChI is InChI=1S/C22H25BrN4O3/c1-30-22(29)26-19(15-5-2-3-6-15)21(28)27-12-4-7-18(27)20-24-13-17(25-20)14-8-10-16(23)11-9-14/h4,7-11,13,15,18-19H,2-3,5-6,12H2,1H3,(H,24,25)(H,26,29). The first-order valence-electron chi connectivity index (χ1n) is 10.2. The van der Waals surface area contributed by atoms with E-state index in [0.717, 1.165) is 41.4 Å². The largest absolute Gasteiger partial charge is 0.453 e. The number of carbonyl (C=O) groups is 2. The summed E-state index contributed by atoms with van der Waals surface area (Å²) in [5.41, 5.74) is 1.82. The van der Waals surface area contributed by atoms with Crippen LogP contribution in [-0.2, 0) is 9.53 Å². The number of alkyl carbamates (subject to hydrolysis) is 1. The molecule has 2 heterocycles. The van der Waals surface area contributed by atoms with Crippen molar-refractivity contribution in [3.05, 3.63) is 52.9 Å². The first-order valence-corrected chi connectivity index (χ1v) is 11.0. The van der Waals surface area contributed by atoms with Crippen LogP contribution in [0.4, 0.5) is 4.79 Å². The van der Waals surface area contributed by atoms with Crippen molar-refractivity contribution in [1.82, 2.24) is 20.2 Å². The molecule has 0 bridgehead atoms. The van der Waals surface area contributed by atoms with Gasteiger partial charge in [-0.05, 0) is 30.9 Å². The van der Waals surface area contributed by atoms with Gasteiger partial charge in [0, 0.05) is 22.8 Å². The maximum Gasteiger partial charge on any atom is 0.407 e. The van der Waals surface area contributed by atoms with Crippen molar-refractivity contribution in [3.8, 4) is 11.3 Å². The smallest absolute Gasteiger partial charge is 0.407 e. The predicted octanol–water partition coefficient (Wildman–Crippen LogP) is 4.19. The van der Waals surface area contributed by atoms with E-state index < -0.39 is 12.1 Å². The minimum absolute atomic E-state index is 0.0936. The molecule has 30 heavy (non-hydrogen) atoms. The number of nitrogens with zero attached hydrogens (tertiary/aromatic N) is 2. The Kier molecular flexibility index (Phi) is 6.22. The number of aromatic nitrogens is 2. The molecule has 0 saturated heterocycles. The molecule has 2 atom stereocenters. The van der Waals surface area contributed by atoms with Gasteiger partial charge in [0.25, 0.3) is 0 Å². The van der Waals surface area contributed by atoms with E-state index in [1.54, 1.807) is 4.90 Å². The lowest BCUT2D eigenvalue weighted by atomic mass is 9.96. The van der Waals surface area contributed by atoms with Gasteiger partial charge in [0.2, 0.25) is 5.91 Å². The molecular formula is C22H25BrN4O3. The molecule has 1 aromatic carbocycles. The number of hydrogen-bond donors (Lipinski definition) is 2. The minimum Gasteiger partial charge on any atom is -0.453 e. The van der Waals surface area contributed by atoms with Crippen LogP contribution >= 0.6 is 15.9 Å². The first kappa shape index (κ1) is 20.7. The lowest BCUT2D eigenvalue weighted by molar-refractivity contribution is -0.135. The Balaban J connectivity index is 1.54. The summed E-state index contributed by atoms with van der Waals surface area (Å²) in [6, 6.07) is 7.06. The van der Waals surface area contributed by atoms with E-state index in [0.29, 0.717) is 12.4 Å². The molecule has 8 heteroatoms. The Morgan fingerprint density at radius 1 is 1.27 bits per heavy atom. The van der Waals surface area contributed by atoms with Crippen LogP contribution in [0.5, 0.6) is 0 Å². The van der Waals surface area contributed by atoms with Crippen LogP contribution in [0.15, 0.2) is 47.1 Å². The maximum absolute atomic E-state index is 13.5. The number of amides is 2. The van der Waals surface area contributed by atoms with Gasteiger partial charge >= 0.3 is 6.09 Å². The second kappa shape index (κ2) is 9.04. The van der Waals surface area contributed by atoms with Crippen molar-refractivity contribution in [3.63, 3.8) is 0 Å². The first-order chi connectivity index (χ1) is 14.6. The van der Waals surface area contributed by atoms with E-state index in [-0.39, 0.29) is 17.9 Å². The molecule has 7 nitrogen and oxygen atoms in total. The second-order valence-electron chi connectivity index (χ2n) is 7.70. The molecule has 2 unspecified atom stereocenters. The number of rotatable bonds is 5. The van der Waals surface area contributed by atoms with Gasteiger partial charge in [0.05, 0.1) is 12.8 Å². The number of hydrogen-bond acceptors (Lipinski definition) is 4. The number of nitrogens with one attached hydrogen (secondary N) is 2. The number of halogens is 1. The van der Waals surface area contributed by atoms with Crippen LogP contribution in [0, 0.1) is 5.92 Å². The lowest BCUT2D eigenvalue weighted by Crippen LogP contribution is -2.51. The Morgan fingerprint density at radius 3 is 2.70 bits per heavy atom. The zero-order chi connectivity index (χ0) is 21.1. The topological polar surface area (TPSA) is 87.3 Å². The van der Waals surface area contributed by atoms with E-state index in [9.17, 15) is 9.59 Å². The summed E-state index contributed by atoms with van der Waals surface area (Å²) in [5, 5.41) is 2.78. The second-order valence-corrected chi connectivity index (χ2v) is 8.62. The zero-order valence-corrected chi connectivity index (χ0v) is 18.4.